The van der Waals surface area contributed by atoms with Crippen LogP contribution in [0.1, 0.15) is 58.6 Å². The zero-order valence-corrected chi connectivity index (χ0v) is 17.5. The molecule has 0 aliphatic rings. The van der Waals surface area contributed by atoms with Gasteiger partial charge in [0.15, 0.2) is 9.84 Å². The molecule has 2 aromatic carbocycles. The average molecular weight is 403 g/mol. The number of ether oxygens (including phenoxy) is 1. The molecule has 0 saturated heterocycles. The molecule has 0 heterocycles. The molecule has 0 aliphatic carbocycles. The van der Waals surface area contributed by atoms with Gasteiger partial charge < -0.3 is 4.74 Å². The molecule has 0 fully saturated rings. The van der Waals surface area contributed by atoms with E-state index in [1.54, 1.807) is 18.2 Å². The maximum absolute atomic E-state index is 11.9. The lowest BCUT2D eigenvalue weighted by Gasteiger charge is -2.23. The van der Waals surface area contributed by atoms with Gasteiger partial charge in [-0.2, -0.15) is 0 Å². The second kappa shape index (κ2) is 10.5. The van der Waals surface area contributed by atoms with Crippen LogP contribution >= 0.6 is 0 Å². The fourth-order valence-corrected chi connectivity index (χ4v) is 3.91. The lowest BCUT2D eigenvalue weighted by Crippen LogP contribution is -2.10. The van der Waals surface area contributed by atoms with E-state index in [-0.39, 0.29) is 12.3 Å². The first kappa shape index (κ1) is 24.0. The maximum Gasteiger partial charge on any atom is 0.199 e. The van der Waals surface area contributed by atoms with Crippen molar-refractivity contribution in [2.75, 3.05) is 0 Å². The van der Waals surface area contributed by atoms with Gasteiger partial charge in [-0.1, -0.05) is 72.0 Å². The molecule has 0 bridgehead atoms. The molecule has 0 spiro atoms. The van der Waals surface area contributed by atoms with Crippen LogP contribution in [0.4, 0.5) is 0 Å². The van der Waals surface area contributed by atoms with E-state index >= 15 is 0 Å². The molecule has 0 aromatic heterocycles. The smallest absolute Gasteiger partial charge is 0.199 e. The van der Waals surface area contributed by atoms with Gasteiger partial charge >= 0.3 is 0 Å². The summed E-state index contributed by atoms with van der Waals surface area (Å²) in [5.74, 6) is 2.35. The molecule has 2 rings (SSSR count). The van der Waals surface area contributed by atoms with Crippen molar-refractivity contribution in [3.63, 3.8) is 0 Å². The third kappa shape index (κ3) is 6.52. The highest BCUT2D eigenvalue weighted by Gasteiger charge is 2.17. The zero-order chi connectivity index (χ0) is 20.0. The highest BCUT2D eigenvalue weighted by molar-refractivity contribution is 7.94. The average Bonchev–Trinajstić information content (AvgIpc) is 2.65. The van der Waals surface area contributed by atoms with Gasteiger partial charge in [-0.15, -0.1) is 0 Å². The van der Waals surface area contributed by atoms with Gasteiger partial charge in [-0.25, -0.2) is 8.42 Å². The van der Waals surface area contributed by atoms with Gasteiger partial charge in [0, 0.05) is 5.41 Å². The van der Waals surface area contributed by atoms with Crippen molar-refractivity contribution in [2.45, 2.75) is 59.0 Å². The zero-order valence-electron chi connectivity index (χ0n) is 16.7. The Hall–Kier alpha value is -2.07. The minimum atomic E-state index is -3.45. The topological polar surface area (TPSA) is 43.4 Å². The van der Waals surface area contributed by atoms with Crippen molar-refractivity contribution in [3.05, 3.63) is 71.6 Å². The maximum atomic E-state index is 11.9. The monoisotopic (exact) mass is 402 g/mol. The van der Waals surface area contributed by atoms with Crippen LogP contribution in [-0.4, -0.2) is 8.42 Å². The molecule has 0 N–H and O–H groups in total. The first-order valence-electron chi connectivity index (χ1n) is 9.42. The Morgan fingerprint density at radius 3 is 2.21 bits per heavy atom. The molecule has 0 radical (unpaired) electrons. The van der Waals surface area contributed by atoms with E-state index in [0.29, 0.717) is 30.1 Å². The van der Waals surface area contributed by atoms with Crippen molar-refractivity contribution in [2.24, 2.45) is 11.8 Å². The first-order chi connectivity index (χ1) is 12.7. The minimum Gasteiger partial charge on any atom is -0.489 e. The summed E-state index contributed by atoms with van der Waals surface area (Å²) in [4.78, 5) is 0.193. The normalized spacial score (nSPS) is 12.5. The number of rotatable bonds is 9. The number of sulfone groups is 1. The van der Waals surface area contributed by atoms with Crippen molar-refractivity contribution >= 4 is 9.84 Å². The summed E-state index contributed by atoms with van der Waals surface area (Å²) < 4.78 is 29.6. The second-order valence-electron chi connectivity index (χ2n) is 7.70. The Morgan fingerprint density at radius 1 is 1.04 bits per heavy atom. The highest BCUT2D eigenvalue weighted by atomic mass is 32.2. The minimum absolute atomic E-state index is 0. The molecule has 28 heavy (non-hydrogen) atoms. The predicted molar refractivity (Wildman–Crippen MR) is 118 cm³/mol. The summed E-state index contributed by atoms with van der Waals surface area (Å²) in [6.07, 6.45) is 1.18. The molecule has 1 unspecified atom stereocenters. The predicted octanol–water partition coefficient (Wildman–Crippen LogP) is 6.60. The Bertz CT molecular complexity index is 850. The van der Waals surface area contributed by atoms with E-state index in [2.05, 4.69) is 58.5 Å². The molecule has 154 valence electrons. The number of benzene rings is 2. The molecular weight excluding hydrogens is 368 g/mol. The van der Waals surface area contributed by atoms with Crippen LogP contribution < -0.4 is 4.74 Å². The van der Waals surface area contributed by atoms with E-state index in [1.165, 1.54) is 18.1 Å². The molecule has 0 aliphatic heterocycles. The third-order valence-corrected chi connectivity index (χ3v) is 6.05. The summed E-state index contributed by atoms with van der Waals surface area (Å²) in [6.45, 7) is 12.8. The van der Waals surface area contributed by atoms with E-state index in [4.69, 9.17) is 4.74 Å². The lowest BCUT2D eigenvalue weighted by atomic mass is 9.82. The Kier molecular flexibility index (Phi) is 8.96. The van der Waals surface area contributed by atoms with Crippen LogP contribution in [0.15, 0.2) is 65.4 Å². The van der Waals surface area contributed by atoms with Crippen LogP contribution in [0, 0.1) is 11.8 Å². The van der Waals surface area contributed by atoms with Gasteiger partial charge in [-0.05, 0) is 53.5 Å². The Morgan fingerprint density at radius 2 is 1.68 bits per heavy atom. The van der Waals surface area contributed by atoms with Gasteiger partial charge in [0.05, 0.1) is 4.90 Å². The number of hydrogen-bond donors (Lipinski definition) is 0. The van der Waals surface area contributed by atoms with Crippen molar-refractivity contribution in [1.29, 1.82) is 0 Å². The van der Waals surface area contributed by atoms with Gasteiger partial charge in [0.25, 0.3) is 0 Å². The molecular formula is C24H34O3S. The second-order valence-corrected chi connectivity index (χ2v) is 9.59. The van der Waals surface area contributed by atoms with Gasteiger partial charge in [0.1, 0.15) is 12.4 Å². The fourth-order valence-electron chi connectivity index (χ4n) is 3.17. The van der Waals surface area contributed by atoms with Crippen LogP contribution in [0.25, 0.3) is 0 Å². The fraction of sp³-hybridized carbons (Fsp3) is 0.417. The lowest BCUT2D eigenvalue weighted by molar-refractivity contribution is 0.305. The molecule has 4 heteroatoms. The third-order valence-electron chi connectivity index (χ3n) is 4.70. The molecule has 0 saturated carbocycles. The molecule has 1 atom stereocenters. The van der Waals surface area contributed by atoms with E-state index in [0.717, 1.165) is 11.0 Å². The van der Waals surface area contributed by atoms with Gasteiger partial charge in [0.2, 0.25) is 0 Å². The highest BCUT2D eigenvalue weighted by Crippen LogP contribution is 2.31. The van der Waals surface area contributed by atoms with Crippen molar-refractivity contribution < 1.29 is 13.2 Å². The largest absolute Gasteiger partial charge is 0.489 e. The summed E-state index contributed by atoms with van der Waals surface area (Å²) >= 11 is 0. The molecule has 2 aromatic rings. The van der Waals surface area contributed by atoms with Crippen LogP contribution in [0.3, 0.4) is 0 Å². The van der Waals surface area contributed by atoms with Crippen molar-refractivity contribution in [1.82, 2.24) is 0 Å². The summed E-state index contributed by atoms with van der Waals surface area (Å²) in [6, 6.07) is 15.1. The van der Waals surface area contributed by atoms with Crippen LogP contribution in [0.5, 0.6) is 5.75 Å². The van der Waals surface area contributed by atoms with E-state index < -0.39 is 9.84 Å². The van der Waals surface area contributed by atoms with Crippen molar-refractivity contribution in [3.8, 4) is 5.75 Å². The van der Waals surface area contributed by atoms with E-state index in [1.807, 2.05) is 0 Å². The quantitative estimate of drug-likeness (QED) is 0.474. The van der Waals surface area contributed by atoms with Crippen LogP contribution in [0.2, 0.25) is 0 Å². The van der Waals surface area contributed by atoms with Gasteiger partial charge in [-0.3, -0.25) is 0 Å². The van der Waals surface area contributed by atoms with E-state index in [9.17, 15) is 8.42 Å². The Labute approximate surface area is 171 Å². The molecule has 3 nitrogen and oxygen atoms in total. The first-order valence-corrected chi connectivity index (χ1v) is 11.0. The molecule has 0 amide bonds. The Balaban J connectivity index is 0.00000392. The SMILES string of the molecule is C.C=CS(=O)(=O)c1cccc(OCc2ccc(C(CC(C)C)C(C)C)cc2)c1. The summed E-state index contributed by atoms with van der Waals surface area (Å²) in [5, 5.41) is 0.952. The standard InChI is InChI=1S/C23H30O3S.CH4/c1-6-27(24,25)22-9-7-8-21(15-22)26-16-19-10-12-20(13-11-19)23(18(4)5)14-17(2)3;/h6-13,15,17-18,23H,1,14,16H2,2-5H3;1H4. The summed E-state index contributed by atoms with van der Waals surface area (Å²) in [7, 11) is -3.45. The summed E-state index contributed by atoms with van der Waals surface area (Å²) in [5.41, 5.74) is 2.42. The number of hydrogen-bond acceptors (Lipinski definition) is 3. The van der Waals surface area contributed by atoms with Crippen LogP contribution in [-0.2, 0) is 16.4 Å².